The van der Waals surface area contributed by atoms with Crippen LogP contribution < -0.4 is 0 Å². The van der Waals surface area contributed by atoms with E-state index in [1.165, 1.54) is 31.0 Å². The van der Waals surface area contributed by atoms with Gasteiger partial charge < -0.3 is 9.47 Å². The second kappa shape index (κ2) is 6.22. The predicted molar refractivity (Wildman–Crippen MR) is 71.4 cm³/mol. The van der Waals surface area contributed by atoms with Gasteiger partial charge in [-0.25, -0.2) is 0 Å². The van der Waals surface area contributed by atoms with Gasteiger partial charge in [0, 0.05) is 20.1 Å². The molecular formula is C12H20N4OS. The number of hydrogen-bond donors (Lipinski definition) is 0. The number of aromatic nitrogens is 3. The number of hydrogen-bond acceptors (Lipinski definition) is 4. The van der Waals surface area contributed by atoms with Crippen molar-refractivity contribution in [1.82, 2.24) is 19.7 Å². The molecule has 0 atom stereocenters. The van der Waals surface area contributed by atoms with Gasteiger partial charge in [0.05, 0.1) is 5.75 Å². The highest BCUT2D eigenvalue weighted by Crippen LogP contribution is 2.22. The predicted octanol–water partition coefficient (Wildman–Crippen LogP) is 1.70. The third kappa shape index (κ3) is 3.25. The lowest BCUT2D eigenvalue weighted by Gasteiger charge is -2.31. The molecule has 5 nitrogen and oxygen atoms in total. The summed E-state index contributed by atoms with van der Waals surface area (Å²) in [7, 11) is 3.81. The Morgan fingerprint density at radius 1 is 1.50 bits per heavy atom. The summed E-state index contributed by atoms with van der Waals surface area (Å²) in [5.41, 5.74) is 0. The van der Waals surface area contributed by atoms with Crippen molar-refractivity contribution in [3.63, 3.8) is 0 Å². The Kier molecular flexibility index (Phi) is 4.63. The van der Waals surface area contributed by atoms with Gasteiger partial charge >= 0.3 is 0 Å². The summed E-state index contributed by atoms with van der Waals surface area (Å²) in [6.07, 6.45) is 7.76. The molecule has 1 amide bonds. The van der Waals surface area contributed by atoms with Crippen molar-refractivity contribution in [3.05, 3.63) is 6.33 Å². The maximum absolute atomic E-state index is 12.1. The van der Waals surface area contributed by atoms with Crippen LogP contribution >= 0.6 is 11.8 Å². The van der Waals surface area contributed by atoms with E-state index in [2.05, 4.69) is 10.2 Å². The lowest BCUT2D eigenvalue weighted by Crippen LogP contribution is -2.39. The molecule has 0 N–H and O–H groups in total. The Labute approximate surface area is 112 Å². The molecule has 1 fully saturated rings. The van der Waals surface area contributed by atoms with E-state index in [9.17, 15) is 4.79 Å². The number of nitrogens with zero attached hydrogens (tertiary/aromatic N) is 4. The van der Waals surface area contributed by atoms with Gasteiger partial charge in [0.15, 0.2) is 5.16 Å². The van der Waals surface area contributed by atoms with Crippen molar-refractivity contribution in [1.29, 1.82) is 0 Å². The molecule has 1 heterocycles. The van der Waals surface area contributed by atoms with Crippen LogP contribution in [0.2, 0.25) is 0 Å². The van der Waals surface area contributed by atoms with Crippen LogP contribution in [-0.4, -0.2) is 44.4 Å². The standard InChI is InChI=1S/C12H20N4OS/c1-15-9-13-14-12(15)18-8-11(17)16(2)10-6-4-3-5-7-10/h9-10H,3-8H2,1-2H3. The molecule has 18 heavy (non-hydrogen) atoms. The molecule has 1 aromatic rings. The highest BCUT2D eigenvalue weighted by atomic mass is 32.2. The minimum Gasteiger partial charge on any atom is -0.342 e. The van der Waals surface area contributed by atoms with E-state index in [1.807, 2.05) is 23.6 Å². The lowest BCUT2D eigenvalue weighted by molar-refractivity contribution is -0.129. The largest absolute Gasteiger partial charge is 0.342 e. The SMILES string of the molecule is CN(C(=O)CSc1nncn1C)C1CCCCC1. The van der Waals surface area contributed by atoms with Crippen LogP contribution in [0, 0.1) is 0 Å². The van der Waals surface area contributed by atoms with Crippen molar-refractivity contribution in [3.8, 4) is 0 Å². The number of rotatable bonds is 4. The summed E-state index contributed by atoms with van der Waals surface area (Å²) in [6.45, 7) is 0. The highest BCUT2D eigenvalue weighted by Gasteiger charge is 2.22. The van der Waals surface area contributed by atoms with E-state index < -0.39 is 0 Å². The van der Waals surface area contributed by atoms with Crippen molar-refractivity contribution >= 4 is 17.7 Å². The zero-order valence-corrected chi connectivity index (χ0v) is 11.8. The fourth-order valence-corrected chi connectivity index (χ4v) is 3.12. The third-order valence-electron chi connectivity index (χ3n) is 3.51. The fourth-order valence-electron chi connectivity index (χ4n) is 2.30. The topological polar surface area (TPSA) is 51.0 Å². The summed E-state index contributed by atoms with van der Waals surface area (Å²) in [5, 5.41) is 8.56. The third-order valence-corrected chi connectivity index (χ3v) is 4.53. The van der Waals surface area contributed by atoms with Gasteiger partial charge in [-0.15, -0.1) is 10.2 Å². The second-order valence-corrected chi connectivity index (χ2v) is 5.75. The minimum absolute atomic E-state index is 0.190. The van der Waals surface area contributed by atoms with Crippen LogP contribution in [0.25, 0.3) is 0 Å². The van der Waals surface area contributed by atoms with E-state index in [1.54, 1.807) is 6.33 Å². The smallest absolute Gasteiger partial charge is 0.233 e. The Morgan fingerprint density at radius 3 is 2.83 bits per heavy atom. The van der Waals surface area contributed by atoms with Gasteiger partial charge in [-0.05, 0) is 12.8 Å². The maximum Gasteiger partial charge on any atom is 0.233 e. The van der Waals surface area contributed by atoms with Crippen LogP contribution in [0.3, 0.4) is 0 Å². The first-order chi connectivity index (χ1) is 8.68. The molecule has 1 aliphatic carbocycles. The van der Waals surface area contributed by atoms with Gasteiger partial charge in [-0.2, -0.15) is 0 Å². The number of thioether (sulfide) groups is 1. The first-order valence-corrected chi connectivity index (χ1v) is 7.39. The van der Waals surface area contributed by atoms with E-state index >= 15 is 0 Å². The molecule has 6 heteroatoms. The zero-order chi connectivity index (χ0) is 13.0. The monoisotopic (exact) mass is 268 g/mol. The van der Waals surface area contributed by atoms with Crippen LogP contribution in [-0.2, 0) is 11.8 Å². The molecule has 1 aromatic heterocycles. The first-order valence-electron chi connectivity index (χ1n) is 6.41. The average molecular weight is 268 g/mol. The maximum atomic E-state index is 12.1. The Bertz CT molecular complexity index is 401. The molecule has 0 unspecified atom stereocenters. The number of aryl methyl sites for hydroxylation is 1. The van der Waals surface area contributed by atoms with Crippen LogP contribution in [0.5, 0.6) is 0 Å². The molecule has 0 aliphatic heterocycles. The van der Waals surface area contributed by atoms with Gasteiger partial charge in [-0.3, -0.25) is 4.79 Å². The molecule has 0 bridgehead atoms. The molecule has 0 spiro atoms. The van der Waals surface area contributed by atoms with Crippen molar-refractivity contribution < 1.29 is 4.79 Å². The Hall–Kier alpha value is -1.04. The molecule has 0 radical (unpaired) electrons. The Balaban J connectivity index is 1.82. The molecular weight excluding hydrogens is 248 g/mol. The highest BCUT2D eigenvalue weighted by molar-refractivity contribution is 7.99. The molecule has 1 saturated carbocycles. The zero-order valence-electron chi connectivity index (χ0n) is 11.0. The molecule has 0 aromatic carbocycles. The first kappa shape index (κ1) is 13.4. The van der Waals surface area contributed by atoms with Crippen molar-refractivity contribution in [2.75, 3.05) is 12.8 Å². The molecule has 100 valence electrons. The van der Waals surface area contributed by atoms with Gasteiger partial charge in [0.1, 0.15) is 6.33 Å². The van der Waals surface area contributed by atoms with E-state index in [-0.39, 0.29) is 5.91 Å². The van der Waals surface area contributed by atoms with Crippen molar-refractivity contribution in [2.24, 2.45) is 7.05 Å². The summed E-state index contributed by atoms with van der Waals surface area (Å²) in [6, 6.07) is 0.436. The van der Waals surface area contributed by atoms with E-state index in [4.69, 9.17) is 0 Å². The number of amides is 1. The minimum atomic E-state index is 0.190. The van der Waals surface area contributed by atoms with Crippen LogP contribution in [0.15, 0.2) is 11.5 Å². The molecule has 0 saturated heterocycles. The summed E-state index contributed by atoms with van der Waals surface area (Å²) in [5.74, 6) is 0.634. The average Bonchev–Trinajstić information content (AvgIpc) is 2.81. The van der Waals surface area contributed by atoms with Crippen LogP contribution in [0.1, 0.15) is 32.1 Å². The molecule has 2 rings (SSSR count). The van der Waals surface area contributed by atoms with Gasteiger partial charge in [-0.1, -0.05) is 31.0 Å². The number of carbonyl (C=O) groups excluding carboxylic acids is 1. The normalized spacial score (nSPS) is 16.8. The summed E-state index contributed by atoms with van der Waals surface area (Å²) in [4.78, 5) is 14.0. The Morgan fingerprint density at radius 2 is 2.22 bits per heavy atom. The van der Waals surface area contributed by atoms with Gasteiger partial charge in [0.2, 0.25) is 5.91 Å². The summed E-state index contributed by atoms with van der Waals surface area (Å²) < 4.78 is 1.83. The lowest BCUT2D eigenvalue weighted by atomic mass is 9.94. The summed E-state index contributed by atoms with van der Waals surface area (Å²) >= 11 is 1.45. The fraction of sp³-hybridized carbons (Fsp3) is 0.750. The van der Waals surface area contributed by atoms with Crippen molar-refractivity contribution in [2.45, 2.75) is 43.3 Å². The quantitative estimate of drug-likeness (QED) is 0.780. The van der Waals surface area contributed by atoms with Gasteiger partial charge in [0.25, 0.3) is 0 Å². The van der Waals surface area contributed by atoms with E-state index in [0.717, 1.165) is 18.0 Å². The van der Waals surface area contributed by atoms with Crippen LogP contribution in [0.4, 0.5) is 0 Å². The van der Waals surface area contributed by atoms with E-state index in [0.29, 0.717) is 11.8 Å². The second-order valence-electron chi connectivity index (χ2n) is 4.81. The molecule has 1 aliphatic rings. The number of carbonyl (C=O) groups is 1.